The Bertz CT molecular complexity index is 1050. The van der Waals surface area contributed by atoms with Gasteiger partial charge in [0.15, 0.2) is 6.61 Å². The van der Waals surface area contributed by atoms with E-state index in [0.29, 0.717) is 18.8 Å². The van der Waals surface area contributed by atoms with E-state index in [0.717, 1.165) is 24.2 Å². The molecule has 0 atom stereocenters. The number of sulfonamides is 1. The van der Waals surface area contributed by atoms with Gasteiger partial charge in [0.25, 0.3) is 5.91 Å². The van der Waals surface area contributed by atoms with Crippen LogP contribution in [0.15, 0.2) is 52.3 Å². The number of anilines is 1. The molecule has 7 nitrogen and oxygen atoms in total. The largest absolute Gasteiger partial charge is 0.452 e. The molecule has 0 unspecified atom stereocenters. The van der Waals surface area contributed by atoms with Crippen molar-refractivity contribution in [1.29, 1.82) is 0 Å². The highest BCUT2D eigenvalue weighted by Crippen LogP contribution is 2.28. The standard InChI is InChI=1S/C21H23ClN2O5S2/c1-30-17-8-6-16(7-9-17)23-20(25)14-29-21(26)15-5-10-18(22)19(13-15)31(27,28)24-11-3-2-4-12-24/h5-10,13H,2-4,11-12,14H2,1H3,(H,23,25). The SMILES string of the molecule is CSc1ccc(NC(=O)COC(=O)c2ccc(Cl)c(S(=O)(=O)N3CCCCC3)c2)cc1. The van der Waals surface area contributed by atoms with Crippen LogP contribution in [0, 0.1) is 0 Å². The predicted octanol–water partition coefficient (Wildman–Crippen LogP) is 4.03. The quantitative estimate of drug-likeness (QED) is 0.473. The van der Waals surface area contributed by atoms with Crippen LogP contribution in [0.3, 0.4) is 0 Å². The number of hydrogen-bond acceptors (Lipinski definition) is 6. The fraction of sp³-hybridized carbons (Fsp3) is 0.333. The molecule has 0 radical (unpaired) electrons. The Kier molecular flexibility index (Phi) is 7.99. The Labute approximate surface area is 191 Å². The molecule has 1 heterocycles. The summed E-state index contributed by atoms with van der Waals surface area (Å²) >= 11 is 7.70. The third-order valence-corrected chi connectivity index (χ3v) is 7.93. The molecule has 31 heavy (non-hydrogen) atoms. The van der Waals surface area contributed by atoms with Gasteiger partial charge in [-0.2, -0.15) is 4.31 Å². The predicted molar refractivity (Wildman–Crippen MR) is 121 cm³/mol. The molecule has 1 N–H and O–H groups in total. The second-order valence-electron chi connectivity index (χ2n) is 6.96. The number of nitrogens with one attached hydrogen (secondary N) is 1. The van der Waals surface area contributed by atoms with Gasteiger partial charge in [0.05, 0.1) is 10.6 Å². The smallest absolute Gasteiger partial charge is 0.338 e. The molecule has 0 aromatic heterocycles. The van der Waals surface area contributed by atoms with Crippen LogP contribution >= 0.6 is 23.4 Å². The molecule has 1 saturated heterocycles. The van der Waals surface area contributed by atoms with Crippen molar-refractivity contribution in [2.24, 2.45) is 0 Å². The normalized spacial score (nSPS) is 14.8. The summed E-state index contributed by atoms with van der Waals surface area (Å²) in [6.45, 7) is 0.344. The maximum atomic E-state index is 12.9. The molecule has 0 saturated carbocycles. The Morgan fingerprint density at radius 1 is 1.10 bits per heavy atom. The van der Waals surface area contributed by atoms with Gasteiger partial charge in [-0.1, -0.05) is 18.0 Å². The van der Waals surface area contributed by atoms with Gasteiger partial charge in [-0.25, -0.2) is 13.2 Å². The number of thioether (sulfide) groups is 1. The van der Waals surface area contributed by atoms with Crippen LogP contribution in [0.1, 0.15) is 29.6 Å². The Morgan fingerprint density at radius 2 is 1.77 bits per heavy atom. The molecule has 0 bridgehead atoms. The zero-order chi connectivity index (χ0) is 22.4. The van der Waals surface area contributed by atoms with Crippen LogP contribution in [-0.2, 0) is 19.6 Å². The Morgan fingerprint density at radius 3 is 2.42 bits per heavy atom. The zero-order valence-corrected chi connectivity index (χ0v) is 19.4. The first kappa shape index (κ1) is 23.6. The van der Waals surface area contributed by atoms with E-state index >= 15 is 0 Å². The molecular weight excluding hydrogens is 460 g/mol. The van der Waals surface area contributed by atoms with E-state index in [1.54, 1.807) is 23.9 Å². The number of carbonyl (C=O) groups excluding carboxylic acids is 2. The fourth-order valence-electron chi connectivity index (χ4n) is 3.16. The molecule has 1 aliphatic rings. The summed E-state index contributed by atoms with van der Waals surface area (Å²) in [5.41, 5.74) is 0.595. The second-order valence-corrected chi connectivity index (χ2v) is 10.2. The van der Waals surface area contributed by atoms with Gasteiger partial charge in [0, 0.05) is 23.7 Å². The van der Waals surface area contributed by atoms with E-state index in [1.165, 1.54) is 22.5 Å². The number of nitrogens with zero attached hydrogens (tertiary/aromatic N) is 1. The van der Waals surface area contributed by atoms with Gasteiger partial charge >= 0.3 is 5.97 Å². The van der Waals surface area contributed by atoms with E-state index in [-0.39, 0.29) is 15.5 Å². The molecule has 0 spiro atoms. The number of halogens is 1. The maximum Gasteiger partial charge on any atom is 0.338 e. The van der Waals surface area contributed by atoms with Gasteiger partial charge in [0.1, 0.15) is 4.90 Å². The van der Waals surface area contributed by atoms with Crippen molar-refractivity contribution in [2.45, 2.75) is 29.1 Å². The average Bonchev–Trinajstić information content (AvgIpc) is 2.78. The summed E-state index contributed by atoms with van der Waals surface area (Å²) in [5.74, 6) is -1.31. The molecule has 166 valence electrons. The molecule has 1 amide bonds. The molecule has 10 heteroatoms. The van der Waals surface area contributed by atoms with E-state index < -0.39 is 28.5 Å². The summed E-state index contributed by atoms with van der Waals surface area (Å²) in [5, 5.41) is 2.67. The highest BCUT2D eigenvalue weighted by molar-refractivity contribution is 7.98. The summed E-state index contributed by atoms with van der Waals surface area (Å²) in [7, 11) is -3.81. The van der Waals surface area contributed by atoms with Crippen LogP contribution in [0.4, 0.5) is 5.69 Å². The fourth-order valence-corrected chi connectivity index (χ4v) is 5.58. The van der Waals surface area contributed by atoms with Crippen molar-refractivity contribution in [3.8, 4) is 0 Å². The van der Waals surface area contributed by atoms with Crippen molar-refractivity contribution >= 4 is 50.9 Å². The van der Waals surface area contributed by atoms with Crippen molar-refractivity contribution < 1.29 is 22.7 Å². The number of piperidine rings is 1. The van der Waals surface area contributed by atoms with Crippen molar-refractivity contribution in [1.82, 2.24) is 4.31 Å². The average molecular weight is 483 g/mol. The van der Waals surface area contributed by atoms with E-state index in [2.05, 4.69) is 5.32 Å². The molecule has 3 rings (SSSR count). The molecule has 0 aliphatic carbocycles. The van der Waals surface area contributed by atoms with E-state index in [4.69, 9.17) is 16.3 Å². The van der Waals surface area contributed by atoms with Crippen LogP contribution in [0.25, 0.3) is 0 Å². The highest BCUT2D eigenvalue weighted by atomic mass is 35.5. The molecular formula is C21H23ClN2O5S2. The summed E-state index contributed by atoms with van der Waals surface area (Å²) < 4.78 is 32.3. The Balaban J connectivity index is 1.65. The summed E-state index contributed by atoms with van der Waals surface area (Å²) in [6, 6.07) is 11.2. The lowest BCUT2D eigenvalue weighted by Gasteiger charge is -2.26. The van der Waals surface area contributed by atoms with E-state index in [1.807, 2.05) is 18.4 Å². The number of benzene rings is 2. The minimum absolute atomic E-state index is 0.0112. The second kappa shape index (κ2) is 10.5. The molecule has 1 aliphatic heterocycles. The molecule has 2 aromatic rings. The topological polar surface area (TPSA) is 92.8 Å². The van der Waals surface area contributed by atoms with E-state index in [9.17, 15) is 18.0 Å². The van der Waals surface area contributed by atoms with Gasteiger partial charge in [-0.3, -0.25) is 4.79 Å². The minimum atomic E-state index is -3.81. The Hall–Kier alpha value is -2.07. The zero-order valence-electron chi connectivity index (χ0n) is 17.0. The first-order valence-corrected chi connectivity index (χ1v) is 12.8. The molecule has 1 fully saturated rings. The van der Waals surface area contributed by atoms with Crippen molar-refractivity contribution in [3.63, 3.8) is 0 Å². The lowest BCUT2D eigenvalue weighted by molar-refractivity contribution is -0.119. The van der Waals surface area contributed by atoms with Crippen molar-refractivity contribution in [2.75, 3.05) is 31.3 Å². The van der Waals surface area contributed by atoms with Gasteiger partial charge in [0.2, 0.25) is 10.0 Å². The summed E-state index contributed by atoms with van der Waals surface area (Å²) in [6.07, 6.45) is 4.50. The van der Waals surface area contributed by atoms with Crippen LogP contribution in [0.5, 0.6) is 0 Å². The summed E-state index contributed by atoms with van der Waals surface area (Å²) in [4.78, 5) is 25.4. The molecule has 2 aromatic carbocycles. The number of amides is 1. The number of hydrogen-bond donors (Lipinski definition) is 1. The lowest BCUT2D eigenvalue weighted by Crippen LogP contribution is -2.35. The number of ether oxygens (including phenoxy) is 1. The lowest BCUT2D eigenvalue weighted by atomic mass is 10.2. The van der Waals surface area contributed by atoms with Gasteiger partial charge in [-0.15, -0.1) is 11.8 Å². The highest BCUT2D eigenvalue weighted by Gasteiger charge is 2.29. The van der Waals surface area contributed by atoms with Crippen LogP contribution < -0.4 is 5.32 Å². The van der Waals surface area contributed by atoms with Gasteiger partial charge in [-0.05, 0) is 61.6 Å². The van der Waals surface area contributed by atoms with Crippen LogP contribution in [0.2, 0.25) is 5.02 Å². The van der Waals surface area contributed by atoms with Gasteiger partial charge < -0.3 is 10.1 Å². The number of esters is 1. The van der Waals surface area contributed by atoms with Crippen LogP contribution in [-0.4, -0.2) is 50.6 Å². The minimum Gasteiger partial charge on any atom is -0.452 e. The maximum absolute atomic E-state index is 12.9. The first-order chi connectivity index (χ1) is 14.8. The third kappa shape index (κ3) is 6.00. The number of rotatable bonds is 7. The third-order valence-electron chi connectivity index (χ3n) is 4.81. The first-order valence-electron chi connectivity index (χ1n) is 9.72. The van der Waals surface area contributed by atoms with Crippen molar-refractivity contribution in [3.05, 3.63) is 53.1 Å². The monoisotopic (exact) mass is 482 g/mol. The number of carbonyl (C=O) groups is 2.